The molecule has 1 aromatic rings. The first kappa shape index (κ1) is 11.9. The van der Waals surface area contributed by atoms with Gasteiger partial charge in [-0.3, -0.25) is 4.79 Å². The maximum atomic E-state index is 11.2. The number of anilines is 1. The average molecular weight is 221 g/mol. The lowest BCUT2D eigenvalue weighted by Crippen LogP contribution is -2.09. The maximum Gasteiger partial charge on any atom is 0.247 e. The van der Waals surface area contributed by atoms with Crippen molar-refractivity contribution in [3.05, 3.63) is 42.5 Å². The summed E-state index contributed by atoms with van der Waals surface area (Å²) in [6, 6.07) is 7.85. The van der Waals surface area contributed by atoms with E-state index in [1.54, 1.807) is 11.8 Å². The summed E-state index contributed by atoms with van der Waals surface area (Å²) in [6.07, 6.45) is 4.32. The van der Waals surface area contributed by atoms with Crippen LogP contribution in [0.2, 0.25) is 0 Å². The minimum absolute atomic E-state index is 0.161. The van der Waals surface area contributed by atoms with E-state index in [1.165, 1.54) is 11.6 Å². The van der Waals surface area contributed by atoms with E-state index < -0.39 is 0 Å². The highest BCUT2D eigenvalue weighted by Crippen LogP contribution is 2.16. The Bertz CT molecular complexity index is 349. The summed E-state index contributed by atoms with van der Waals surface area (Å²) >= 11 is 1.80. The van der Waals surface area contributed by atoms with Crippen LogP contribution in [0.15, 0.2) is 36.9 Å². The van der Waals surface area contributed by atoms with Gasteiger partial charge in [-0.2, -0.15) is 11.8 Å². The van der Waals surface area contributed by atoms with Crippen LogP contribution in [0.5, 0.6) is 0 Å². The number of benzene rings is 1. The molecule has 0 atom stereocenters. The fourth-order valence-corrected chi connectivity index (χ4v) is 1.68. The maximum absolute atomic E-state index is 11.2. The second-order valence-corrected chi connectivity index (χ2v) is 4.08. The van der Waals surface area contributed by atoms with Gasteiger partial charge in [-0.15, -0.1) is 0 Å². The van der Waals surface area contributed by atoms with E-state index in [-0.39, 0.29) is 5.91 Å². The zero-order valence-corrected chi connectivity index (χ0v) is 9.64. The van der Waals surface area contributed by atoms with Crippen LogP contribution in [0.1, 0.15) is 5.56 Å². The SMILES string of the molecule is C=CC(=O)Nc1ccccc1CCSC. The molecule has 1 rings (SSSR count). The van der Waals surface area contributed by atoms with E-state index in [9.17, 15) is 4.79 Å². The molecule has 0 bridgehead atoms. The van der Waals surface area contributed by atoms with Crippen molar-refractivity contribution >= 4 is 23.4 Å². The Morgan fingerprint density at radius 3 is 2.93 bits per heavy atom. The van der Waals surface area contributed by atoms with Gasteiger partial charge in [-0.05, 0) is 36.1 Å². The highest BCUT2D eigenvalue weighted by atomic mass is 32.2. The number of para-hydroxylation sites is 1. The van der Waals surface area contributed by atoms with E-state index in [2.05, 4.69) is 18.2 Å². The molecule has 0 radical (unpaired) electrons. The minimum atomic E-state index is -0.161. The van der Waals surface area contributed by atoms with Crippen molar-refractivity contribution in [3.8, 4) is 0 Å². The normalized spacial score (nSPS) is 9.67. The van der Waals surface area contributed by atoms with Gasteiger partial charge in [-0.1, -0.05) is 24.8 Å². The Morgan fingerprint density at radius 1 is 1.53 bits per heavy atom. The van der Waals surface area contributed by atoms with Gasteiger partial charge in [0.05, 0.1) is 0 Å². The monoisotopic (exact) mass is 221 g/mol. The molecule has 0 fully saturated rings. The lowest BCUT2D eigenvalue weighted by atomic mass is 10.1. The number of amides is 1. The van der Waals surface area contributed by atoms with Gasteiger partial charge in [0, 0.05) is 5.69 Å². The molecule has 0 aliphatic heterocycles. The smallest absolute Gasteiger partial charge is 0.247 e. The van der Waals surface area contributed by atoms with Gasteiger partial charge < -0.3 is 5.32 Å². The molecule has 1 N–H and O–H groups in total. The van der Waals surface area contributed by atoms with E-state index in [4.69, 9.17) is 0 Å². The van der Waals surface area contributed by atoms with Crippen molar-refractivity contribution in [2.45, 2.75) is 6.42 Å². The highest BCUT2D eigenvalue weighted by molar-refractivity contribution is 7.98. The third-order valence-corrected chi connectivity index (χ3v) is 2.65. The van der Waals surface area contributed by atoms with Crippen molar-refractivity contribution in [2.75, 3.05) is 17.3 Å². The number of hydrogen-bond acceptors (Lipinski definition) is 2. The Labute approximate surface area is 94.8 Å². The molecule has 0 aliphatic rings. The summed E-state index contributed by atoms with van der Waals surface area (Å²) in [7, 11) is 0. The van der Waals surface area contributed by atoms with Gasteiger partial charge in [0.1, 0.15) is 0 Å². The van der Waals surface area contributed by atoms with E-state index in [0.717, 1.165) is 17.9 Å². The van der Waals surface area contributed by atoms with Crippen LogP contribution in [0.4, 0.5) is 5.69 Å². The molecule has 80 valence electrons. The molecule has 0 saturated carbocycles. The number of carbonyl (C=O) groups is 1. The fourth-order valence-electron chi connectivity index (χ4n) is 1.26. The summed E-state index contributed by atoms with van der Waals surface area (Å²) in [5.41, 5.74) is 2.05. The quantitative estimate of drug-likeness (QED) is 0.775. The Balaban J connectivity index is 2.76. The third kappa shape index (κ3) is 3.80. The lowest BCUT2D eigenvalue weighted by Gasteiger charge is -2.08. The van der Waals surface area contributed by atoms with Crippen LogP contribution in [-0.2, 0) is 11.2 Å². The number of aryl methyl sites for hydroxylation is 1. The first-order chi connectivity index (χ1) is 7.27. The Morgan fingerprint density at radius 2 is 2.27 bits per heavy atom. The number of thioether (sulfide) groups is 1. The summed E-state index contributed by atoms with van der Waals surface area (Å²) in [4.78, 5) is 11.2. The highest BCUT2D eigenvalue weighted by Gasteiger charge is 2.02. The first-order valence-corrected chi connectivity index (χ1v) is 6.17. The van der Waals surface area contributed by atoms with Crippen molar-refractivity contribution < 1.29 is 4.79 Å². The number of hydrogen-bond donors (Lipinski definition) is 1. The molecular weight excluding hydrogens is 206 g/mol. The van der Waals surface area contributed by atoms with Crippen LogP contribution in [-0.4, -0.2) is 17.9 Å². The molecule has 0 aromatic heterocycles. The molecule has 0 heterocycles. The topological polar surface area (TPSA) is 29.1 Å². The molecule has 0 saturated heterocycles. The van der Waals surface area contributed by atoms with Gasteiger partial charge in [0.15, 0.2) is 0 Å². The van der Waals surface area contributed by atoms with E-state index in [0.29, 0.717) is 0 Å². The van der Waals surface area contributed by atoms with Gasteiger partial charge in [0.25, 0.3) is 0 Å². The Kier molecular flexibility index (Phi) is 4.98. The van der Waals surface area contributed by atoms with Crippen molar-refractivity contribution in [1.29, 1.82) is 0 Å². The predicted molar refractivity (Wildman–Crippen MR) is 67.4 cm³/mol. The summed E-state index contributed by atoms with van der Waals surface area (Å²) in [6.45, 7) is 3.43. The predicted octanol–water partition coefficient (Wildman–Crippen LogP) is 2.72. The van der Waals surface area contributed by atoms with E-state index in [1.807, 2.05) is 24.3 Å². The van der Waals surface area contributed by atoms with Crippen LogP contribution < -0.4 is 5.32 Å². The molecule has 1 amide bonds. The molecule has 15 heavy (non-hydrogen) atoms. The molecular formula is C12H15NOS. The Hall–Kier alpha value is -1.22. The van der Waals surface area contributed by atoms with Gasteiger partial charge >= 0.3 is 0 Å². The molecule has 3 heteroatoms. The minimum Gasteiger partial charge on any atom is -0.322 e. The zero-order chi connectivity index (χ0) is 11.1. The average Bonchev–Trinajstić information content (AvgIpc) is 2.28. The lowest BCUT2D eigenvalue weighted by molar-refractivity contribution is -0.111. The van der Waals surface area contributed by atoms with Crippen LogP contribution in [0.3, 0.4) is 0 Å². The summed E-state index contributed by atoms with van der Waals surface area (Å²) < 4.78 is 0. The number of carbonyl (C=O) groups excluding carboxylic acids is 1. The first-order valence-electron chi connectivity index (χ1n) is 4.78. The molecule has 2 nitrogen and oxygen atoms in total. The zero-order valence-electron chi connectivity index (χ0n) is 8.82. The molecule has 0 unspecified atom stereocenters. The van der Waals surface area contributed by atoms with Crippen molar-refractivity contribution in [2.24, 2.45) is 0 Å². The van der Waals surface area contributed by atoms with Crippen LogP contribution in [0, 0.1) is 0 Å². The second-order valence-electron chi connectivity index (χ2n) is 3.09. The van der Waals surface area contributed by atoms with E-state index >= 15 is 0 Å². The summed E-state index contributed by atoms with van der Waals surface area (Å²) in [5, 5.41) is 2.80. The third-order valence-electron chi connectivity index (χ3n) is 2.04. The molecule has 0 aliphatic carbocycles. The van der Waals surface area contributed by atoms with Crippen molar-refractivity contribution in [3.63, 3.8) is 0 Å². The largest absolute Gasteiger partial charge is 0.322 e. The molecule has 1 aromatic carbocycles. The molecule has 0 spiro atoms. The standard InChI is InChI=1S/C12H15NOS/c1-3-12(14)13-11-7-5-4-6-10(11)8-9-15-2/h3-7H,1,8-9H2,2H3,(H,13,14). The summed E-state index contributed by atoms with van der Waals surface area (Å²) in [5.74, 6) is 0.896. The number of nitrogens with one attached hydrogen (secondary N) is 1. The second kappa shape index (κ2) is 6.30. The van der Waals surface area contributed by atoms with Gasteiger partial charge in [0.2, 0.25) is 5.91 Å². The number of rotatable bonds is 5. The van der Waals surface area contributed by atoms with Crippen molar-refractivity contribution in [1.82, 2.24) is 0 Å². The van der Waals surface area contributed by atoms with Crippen LogP contribution >= 0.6 is 11.8 Å². The van der Waals surface area contributed by atoms with Crippen LogP contribution in [0.25, 0.3) is 0 Å². The fraction of sp³-hybridized carbons (Fsp3) is 0.250. The van der Waals surface area contributed by atoms with Gasteiger partial charge in [-0.25, -0.2) is 0 Å².